The summed E-state index contributed by atoms with van der Waals surface area (Å²) in [7, 11) is 1.78. The van der Waals surface area contributed by atoms with Crippen molar-refractivity contribution in [3.05, 3.63) is 12.7 Å². The highest BCUT2D eigenvalue weighted by atomic mass is 127. The number of methoxy groups -OCH3 is 1. The number of aliphatic imine (C=N–C) groups is 1. The highest BCUT2D eigenvalue weighted by molar-refractivity contribution is 14.0. The van der Waals surface area contributed by atoms with Crippen molar-refractivity contribution in [1.29, 1.82) is 0 Å². The molecule has 1 aliphatic rings. The Morgan fingerprint density at radius 2 is 2.00 bits per heavy atom. The number of unbranched alkanes of at least 4 members (excludes halogenated alkanes) is 1. The minimum Gasteiger partial charge on any atom is -0.385 e. The predicted molar refractivity (Wildman–Crippen MR) is 111 cm³/mol. The number of aryl methyl sites for hydroxylation is 1. The molecule has 1 aliphatic carbocycles. The molecule has 1 heterocycles. The van der Waals surface area contributed by atoms with Gasteiger partial charge >= 0.3 is 0 Å². The summed E-state index contributed by atoms with van der Waals surface area (Å²) in [6.07, 6.45) is 10.7. The van der Waals surface area contributed by atoms with E-state index in [-0.39, 0.29) is 24.0 Å². The van der Waals surface area contributed by atoms with Gasteiger partial charge in [0.05, 0.1) is 0 Å². The molecule has 0 unspecified atom stereocenters. The van der Waals surface area contributed by atoms with Crippen LogP contribution in [-0.4, -0.2) is 54.1 Å². The number of nitrogens with one attached hydrogen (secondary N) is 2. The van der Waals surface area contributed by atoms with E-state index in [0.29, 0.717) is 5.41 Å². The van der Waals surface area contributed by atoms with Crippen molar-refractivity contribution in [1.82, 2.24) is 25.4 Å². The van der Waals surface area contributed by atoms with Gasteiger partial charge in [0.25, 0.3) is 0 Å². The summed E-state index contributed by atoms with van der Waals surface area (Å²) in [5.41, 5.74) is 0.368. The highest BCUT2D eigenvalue weighted by Crippen LogP contribution is 2.44. The second-order valence-corrected chi connectivity index (χ2v) is 6.63. The second-order valence-electron chi connectivity index (χ2n) is 6.63. The number of hydrogen-bond donors (Lipinski definition) is 2. The van der Waals surface area contributed by atoms with Gasteiger partial charge in [-0.3, -0.25) is 4.99 Å². The van der Waals surface area contributed by atoms with E-state index in [0.717, 1.165) is 58.0 Å². The number of hydrogen-bond acceptors (Lipinski definition) is 4. The fourth-order valence-corrected chi connectivity index (χ4v) is 3.03. The van der Waals surface area contributed by atoms with Crippen molar-refractivity contribution in [2.24, 2.45) is 10.4 Å². The summed E-state index contributed by atoms with van der Waals surface area (Å²) < 4.78 is 7.27. The van der Waals surface area contributed by atoms with E-state index in [9.17, 15) is 0 Å². The largest absolute Gasteiger partial charge is 0.385 e. The molecule has 1 saturated carbocycles. The van der Waals surface area contributed by atoms with Crippen LogP contribution >= 0.6 is 24.0 Å². The monoisotopic (exact) mass is 464 g/mol. The predicted octanol–water partition coefficient (Wildman–Crippen LogP) is 2.44. The van der Waals surface area contributed by atoms with Crippen LogP contribution in [0.2, 0.25) is 0 Å². The van der Waals surface area contributed by atoms with E-state index < -0.39 is 0 Å². The van der Waals surface area contributed by atoms with Crippen LogP contribution in [0.3, 0.4) is 0 Å². The number of ether oxygens (including phenoxy) is 1. The zero-order valence-electron chi connectivity index (χ0n) is 15.5. The van der Waals surface area contributed by atoms with Gasteiger partial charge < -0.3 is 19.9 Å². The summed E-state index contributed by atoms with van der Waals surface area (Å²) in [6.45, 7) is 6.61. The van der Waals surface area contributed by atoms with E-state index in [2.05, 4.69) is 27.8 Å². The lowest BCUT2D eigenvalue weighted by molar-refractivity contribution is 0.0778. The minimum absolute atomic E-state index is 0. The summed E-state index contributed by atoms with van der Waals surface area (Å²) in [5.74, 6) is 0.936. The van der Waals surface area contributed by atoms with Gasteiger partial charge in [-0.2, -0.15) is 0 Å². The van der Waals surface area contributed by atoms with Crippen molar-refractivity contribution in [2.45, 2.75) is 52.0 Å². The quantitative estimate of drug-likeness (QED) is 0.228. The van der Waals surface area contributed by atoms with Crippen LogP contribution in [0.1, 0.15) is 45.4 Å². The Balaban J connectivity index is 0.00000312. The molecule has 0 aromatic carbocycles. The van der Waals surface area contributed by atoms with Gasteiger partial charge in [0.15, 0.2) is 5.96 Å². The number of aromatic nitrogens is 3. The Labute approximate surface area is 168 Å². The first kappa shape index (κ1) is 22.1. The van der Waals surface area contributed by atoms with Gasteiger partial charge in [0.2, 0.25) is 0 Å². The van der Waals surface area contributed by atoms with E-state index in [1.807, 2.05) is 4.57 Å². The van der Waals surface area contributed by atoms with Crippen molar-refractivity contribution in [3.63, 3.8) is 0 Å². The summed E-state index contributed by atoms with van der Waals surface area (Å²) in [6, 6.07) is 0. The minimum atomic E-state index is 0. The SMILES string of the molecule is CCNC(=NCC1(CCOC)CCC1)NCCCCn1cnnc1.I. The van der Waals surface area contributed by atoms with Crippen LogP contribution in [0.15, 0.2) is 17.6 Å². The Hall–Kier alpha value is -0.900. The number of guanidine groups is 1. The summed E-state index contributed by atoms with van der Waals surface area (Å²) >= 11 is 0. The molecule has 0 bridgehead atoms. The molecule has 0 spiro atoms. The van der Waals surface area contributed by atoms with Crippen molar-refractivity contribution in [3.8, 4) is 0 Å². The van der Waals surface area contributed by atoms with Crippen molar-refractivity contribution in [2.75, 3.05) is 33.4 Å². The van der Waals surface area contributed by atoms with Crippen LogP contribution in [0.5, 0.6) is 0 Å². The lowest BCUT2D eigenvalue weighted by Gasteiger charge is -2.40. The molecule has 2 N–H and O–H groups in total. The van der Waals surface area contributed by atoms with Gasteiger partial charge in [0, 0.05) is 39.9 Å². The van der Waals surface area contributed by atoms with Gasteiger partial charge in [-0.15, -0.1) is 34.2 Å². The zero-order valence-corrected chi connectivity index (χ0v) is 17.9. The highest BCUT2D eigenvalue weighted by Gasteiger charge is 2.36. The van der Waals surface area contributed by atoms with Gasteiger partial charge in [-0.1, -0.05) is 6.42 Å². The molecule has 144 valence electrons. The number of halogens is 1. The third kappa shape index (κ3) is 7.89. The lowest BCUT2D eigenvalue weighted by Crippen LogP contribution is -2.40. The van der Waals surface area contributed by atoms with E-state index >= 15 is 0 Å². The molecule has 0 atom stereocenters. The first-order valence-electron chi connectivity index (χ1n) is 9.11. The van der Waals surface area contributed by atoms with Crippen LogP contribution < -0.4 is 10.6 Å². The van der Waals surface area contributed by atoms with Crippen LogP contribution in [-0.2, 0) is 11.3 Å². The second kappa shape index (κ2) is 12.5. The van der Waals surface area contributed by atoms with Crippen LogP contribution in [0.25, 0.3) is 0 Å². The number of nitrogens with zero attached hydrogens (tertiary/aromatic N) is 4. The Morgan fingerprint density at radius 1 is 1.24 bits per heavy atom. The smallest absolute Gasteiger partial charge is 0.191 e. The molecule has 8 heteroatoms. The fourth-order valence-electron chi connectivity index (χ4n) is 3.03. The normalized spacial score (nSPS) is 16.0. The van der Waals surface area contributed by atoms with Gasteiger partial charge in [-0.25, -0.2) is 0 Å². The third-order valence-corrected chi connectivity index (χ3v) is 4.77. The molecule has 0 aliphatic heterocycles. The third-order valence-electron chi connectivity index (χ3n) is 4.77. The average molecular weight is 464 g/mol. The molecule has 25 heavy (non-hydrogen) atoms. The topological polar surface area (TPSA) is 76.4 Å². The first-order valence-corrected chi connectivity index (χ1v) is 9.11. The lowest BCUT2D eigenvalue weighted by atomic mass is 9.67. The molecular weight excluding hydrogens is 431 g/mol. The Bertz CT molecular complexity index is 475. The molecule has 1 aromatic heterocycles. The molecule has 1 aromatic rings. The van der Waals surface area contributed by atoms with Gasteiger partial charge in [-0.05, 0) is 44.4 Å². The Kier molecular flexibility index (Phi) is 11.0. The average Bonchev–Trinajstić information content (AvgIpc) is 3.06. The zero-order chi connectivity index (χ0) is 17.1. The summed E-state index contributed by atoms with van der Waals surface area (Å²) in [4.78, 5) is 4.82. The Morgan fingerprint density at radius 3 is 2.60 bits per heavy atom. The maximum Gasteiger partial charge on any atom is 0.191 e. The molecule has 0 radical (unpaired) electrons. The number of rotatable bonds is 11. The van der Waals surface area contributed by atoms with E-state index in [1.165, 1.54) is 19.3 Å². The van der Waals surface area contributed by atoms with E-state index in [4.69, 9.17) is 9.73 Å². The standard InChI is InChI=1S/C17H32N6O.HI/c1-3-18-16(19-10-4-5-11-23-14-21-22-15-23)20-13-17(7-6-8-17)9-12-24-2;/h14-15H,3-13H2,1-2H3,(H2,18,19,20);1H. The summed E-state index contributed by atoms with van der Waals surface area (Å²) in [5, 5.41) is 14.4. The molecule has 7 nitrogen and oxygen atoms in total. The van der Waals surface area contributed by atoms with Crippen LogP contribution in [0.4, 0.5) is 0 Å². The maximum atomic E-state index is 5.26. The molecule has 0 amide bonds. The molecule has 0 saturated heterocycles. The van der Waals surface area contributed by atoms with Gasteiger partial charge in [0.1, 0.15) is 12.7 Å². The van der Waals surface area contributed by atoms with Crippen LogP contribution in [0, 0.1) is 5.41 Å². The van der Waals surface area contributed by atoms with Crippen molar-refractivity contribution < 1.29 is 4.74 Å². The molecule has 2 rings (SSSR count). The first-order chi connectivity index (χ1) is 11.8. The fraction of sp³-hybridized carbons (Fsp3) is 0.824. The maximum absolute atomic E-state index is 5.26. The molecular formula is C17H33IN6O. The van der Waals surface area contributed by atoms with Crippen molar-refractivity contribution >= 4 is 29.9 Å². The molecule has 1 fully saturated rings. The van der Waals surface area contributed by atoms with E-state index in [1.54, 1.807) is 19.8 Å².